The Kier molecular flexibility index (Phi) is 5.06. The van der Waals surface area contributed by atoms with Crippen LogP contribution in [0.4, 0.5) is 0 Å². The van der Waals surface area contributed by atoms with Gasteiger partial charge in [0, 0.05) is 4.90 Å². The van der Waals surface area contributed by atoms with Gasteiger partial charge in [-0.15, -0.1) is 0 Å². The Morgan fingerprint density at radius 1 is 0.958 bits per heavy atom. The van der Waals surface area contributed by atoms with E-state index in [1.54, 1.807) is 0 Å². The lowest BCUT2D eigenvalue weighted by molar-refractivity contribution is -0.121. The number of fused-ring (bicyclic) bond motifs is 1. The highest BCUT2D eigenvalue weighted by Gasteiger charge is 2.05. The van der Waals surface area contributed by atoms with Gasteiger partial charge in [0.15, 0.2) is 6.61 Å². The maximum absolute atomic E-state index is 12.0. The van der Waals surface area contributed by atoms with Gasteiger partial charge in [0.05, 0.1) is 0 Å². The van der Waals surface area contributed by atoms with Crippen LogP contribution in [0.3, 0.4) is 0 Å². The van der Waals surface area contributed by atoms with E-state index in [4.69, 9.17) is 4.74 Å². The van der Waals surface area contributed by atoms with Crippen LogP contribution in [0.25, 0.3) is 10.8 Å². The minimum atomic E-state index is -0.160. The minimum absolute atomic E-state index is 0.00383. The lowest BCUT2D eigenvalue weighted by Crippen LogP contribution is -2.23. The van der Waals surface area contributed by atoms with Crippen LogP contribution >= 0.6 is 11.9 Å². The molecule has 3 nitrogen and oxygen atoms in total. The van der Waals surface area contributed by atoms with Crippen molar-refractivity contribution in [1.29, 1.82) is 0 Å². The summed E-state index contributed by atoms with van der Waals surface area (Å²) in [7, 11) is 0. The van der Waals surface area contributed by atoms with E-state index < -0.39 is 0 Å². The average molecular weight is 337 g/mol. The minimum Gasteiger partial charge on any atom is -0.484 e. The second kappa shape index (κ2) is 7.41. The molecule has 0 bridgehead atoms. The lowest BCUT2D eigenvalue weighted by atomic mass is 10.1. The van der Waals surface area contributed by atoms with Gasteiger partial charge in [-0.25, -0.2) is 0 Å². The summed E-state index contributed by atoms with van der Waals surface area (Å²) in [6, 6.07) is 20.1. The molecule has 4 heteroatoms. The molecular weight excluding hydrogens is 318 g/mol. The van der Waals surface area contributed by atoms with Crippen LogP contribution in [0.1, 0.15) is 11.1 Å². The smallest absolute Gasteiger partial charge is 0.267 e. The largest absolute Gasteiger partial charge is 0.484 e. The van der Waals surface area contributed by atoms with Crippen molar-refractivity contribution in [2.45, 2.75) is 18.7 Å². The summed E-state index contributed by atoms with van der Waals surface area (Å²) in [4.78, 5) is 13.0. The Morgan fingerprint density at radius 2 is 1.67 bits per heavy atom. The molecule has 0 saturated heterocycles. The van der Waals surface area contributed by atoms with Crippen LogP contribution in [0.5, 0.6) is 5.75 Å². The summed E-state index contributed by atoms with van der Waals surface area (Å²) >= 11 is 1.32. The molecular formula is C20H19NO2S. The molecule has 24 heavy (non-hydrogen) atoms. The van der Waals surface area contributed by atoms with Crippen molar-refractivity contribution < 1.29 is 9.53 Å². The number of ether oxygens (including phenoxy) is 1. The Morgan fingerprint density at radius 3 is 2.42 bits per heavy atom. The number of nitrogens with one attached hydrogen (secondary N) is 1. The second-order valence-electron chi connectivity index (χ2n) is 5.75. The molecule has 0 aliphatic carbocycles. The molecule has 1 amide bonds. The molecule has 0 saturated carbocycles. The van der Waals surface area contributed by atoms with Gasteiger partial charge in [-0.2, -0.15) is 0 Å². The van der Waals surface area contributed by atoms with Crippen molar-refractivity contribution >= 4 is 28.6 Å². The van der Waals surface area contributed by atoms with Crippen LogP contribution in [-0.4, -0.2) is 12.5 Å². The van der Waals surface area contributed by atoms with Gasteiger partial charge in [-0.1, -0.05) is 36.4 Å². The highest BCUT2D eigenvalue weighted by molar-refractivity contribution is 7.98. The first kappa shape index (κ1) is 16.4. The van der Waals surface area contributed by atoms with Crippen LogP contribution in [0, 0.1) is 13.8 Å². The predicted octanol–water partition coefficient (Wildman–Crippen LogP) is 4.66. The summed E-state index contributed by atoms with van der Waals surface area (Å²) in [5.74, 6) is 0.535. The van der Waals surface area contributed by atoms with Gasteiger partial charge in [-0.05, 0) is 72.0 Å². The van der Waals surface area contributed by atoms with Gasteiger partial charge >= 0.3 is 0 Å². The standard InChI is InChI=1S/C20H19NO2S/c1-14-9-15(2)11-19(10-14)24-21-20(22)13-23-18-8-7-16-5-3-4-6-17(16)12-18/h3-12H,13H2,1-2H3,(H,21,22). The van der Waals surface area contributed by atoms with E-state index >= 15 is 0 Å². The first-order chi connectivity index (χ1) is 11.6. The normalized spacial score (nSPS) is 10.6. The van der Waals surface area contributed by atoms with E-state index in [2.05, 4.69) is 10.8 Å². The zero-order valence-electron chi connectivity index (χ0n) is 13.7. The number of hydrogen-bond acceptors (Lipinski definition) is 3. The van der Waals surface area contributed by atoms with Gasteiger partial charge in [0.25, 0.3) is 5.91 Å². The highest BCUT2D eigenvalue weighted by Crippen LogP contribution is 2.21. The van der Waals surface area contributed by atoms with E-state index in [-0.39, 0.29) is 12.5 Å². The fraction of sp³-hybridized carbons (Fsp3) is 0.150. The van der Waals surface area contributed by atoms with Crippen LogP contribution < -0.4 is 9.46 Å². The quantitative estimate of drug-likeness (QED) is 0.688. The molecule has 1 N–H and O–H groups in total. The van der Waals surface area contributed by atoms with Gasteiger partial charge in [-0.3, -0.25) is 9.52 Å². The van der Waals surface area contributed by atoms with Crippen molar-refractivity contribution in [3.63, 3.8) is 0 Å². The van der Waals surface area contributed by atoms with Crippen molar-refractivity contribution in [3.05, 3.63) is 71.8 Å². The summed E-state index contributed by atoms with van der Waals surface area (Å²) in [5.41, 5.74) is 2.36. The van der Waals surface area contributed by atoms with Crippen molar-refractivity contribution in [2.75, 3.05) is 6.61 Å². The predicted molar refractivity (Wildman–Crippen MR) is 99.4 cm³/mol. The summed E-state index contributed by atoms with van der Waals surface area (Å²) in [5, 5.41) is 2.25. The van der Waals surface area contributed by atoms with Crippen LogP contribution in [0.15, 0.2) is 65.6 Å². The molecule has 0 aromatic heterocycles. The third-order valence-corrected chi connectivity index (χ3v) is 4.37. The molecule has 0 spiro atoms. The second-order valence-corrected chi connectivity index (χ2v) is 6.63. The summed E-state index contributed by atoms with van der Waals surface area (Å²) in [6.45, 7) is 4.08. The number of hydrogen-bond donors (Lipinski definition) is 1. The Labute approximate surface area is 146 Å². The molecule has 122 valence electrons. The van der Waals surface area contributed by atoms with E-state index in [1.807, 2.05) is 68.4 Å². The number of aryl methyl sites for hydroxylation is 2. The van der Waals surface area contributed by atoms with E-state index in [0.717, 1.165) is 15.7 Å². The topological polar surface area (TPSA) is 38.3 Å². The molecule has 3 rings (SSSR count). The third kappa shape index (κ3) is 4.30. The number of rotatable bonds is 5. The molecule has 3 aromatic carbocycles. The Hall–Kier alpha value is -2.46. The van der Waals surface area contributed by atoms with E-state index in [0.29, 0.717) is 5.75 Å². The molecule has 0 unspecified atom stereocenters. The fourth-order valence-corrected chi connectivity index (χ4v) is 3.32. The summed E-state index contributed by atoms with van der Waals surface area (Å²) < 4.78 is 8.40. The average Bonchev–Trinajstić information content (AvgIpc) is 2.57. The molecule has 0 radical (unpaired) electrons. The van der Waals surface area contributed by atoms with E-state index in [1.165, 1.54) is 23.1 Å². The molecule has 0 fully saturated rings. The fourth-order valence-electron chi connectivity index (χ4n) is 2.54. The van der Waals surface area contributed by atoms with Crippen molar-refractivity contribution in [3.8, 4) is 5.75 Å². The number of benzene rings is 3. The number of amides is 1. The van der Waals surface area contributed by atoms with Gasteiger partial charge in [0.2, 0.25) is 0 Å². The van der Waals surface area contributed by atoms with Gasteiger partial charge < -0.3 is 4.74 Å². The molecule has 3 aromatic rings. The SMILES string of the molecule is Cc1cc(C)cc(SNC(=O)COc2ccc3ccccc3c2)c1. The lowest BCUT2D eigenvalue weighted by Gasteiger charge is -2.08. The Bertz CT molecular complexity index is 856. The number of carbonyl (C=O) groups is 1. The van der Waals surface area contributed by atoms with E-state index in [9.17, 15) is 4.79 Å². The molecule has 0 aliphatic heterocycles. The molecule has 0 aliphatic rings. The maximum atomic E-state index is 12.0. The maximum Gasteiger partial charge on any atom is 0.267 e. The highest BCUT2D eigenvalue weighted by atomic mass is 32.2. The molecule has 0 heterocycles. The first-order valence-electron chi connectivity index (χ1n) is 7.76. The number of carbonyl (C=O) groups excluding carboxylic acids is 1. The zero-order valence-corrected chi connectivity index (χ0v) is 14.5. The summed E-state index contributed by atoms with van der Waals surface area (Å²) in [6.07, 6.45) is 0. The zero-order chi connectivity index (χ0) is 16.9. The Balaban J connectivity index is 1.54. The molecule has 0 atom stereocenters. The van der Waals surface area contributed by atoms with Crippen molar-refractivity contribution in [2.24, 2.45) is 0 Å². The van der Waals surface area contributed by atoms with Gasteiger partial charge in [0.1, 0.15) is 5.75 Å². The monoisotopic (exact) mass is 337 g/mol. The van der Waals surface area contributed by atoms with Crippen LogP contribution in [0.2, 0.25) is 0 Å². The third-order valence-electron chi connectivity index (χ3n) is 3.57. The first-order valence-corrected chi connectivity index (χ1v) is 8.57. The van der Waals surface area contributed by atoms with Crippen molar-refractivity contribution in [1.82, 2.24) is 4.72 Å². The van der Waals surface area contributed by atoms with Crippen LogP contribution in [-0.2, 0) is 4.79 Å².